The summed E-state index contributed by atoms with van der Waals surface area (Å²) in [5, 5.41) is 4.73. The maximum atomic E-state index is 5.59. The highest BCUT2D eigenvalue weighted by molar-refractivity contribution is 14.0. The first kappa shape index (κ1) is 22.7. The first-order valence-corrected chi connectivity index (χ1v) is 9.71. The van der Waals surface area contributed by atoms with E-state index in [0.29, 0.717) is 5.92 Å². The molecule has 0 amide bonds. The molecule has 0 saturated carbocycles. The molecule has 1 unspecified atom stereocenters. The summed E-state index contributed by atoms with van der Waals surface area (Å²) >= 11 is 0. The van der Waals surface area contributed by atoms with Crippen molar-refractivity contribution in [2.24, 2.45) is 10.9 Å². The summed E-state index contributed by atoms with van der Waals surface area (Å²) in [5.74, 6) is 2.52. The van der Waals surface area contributed by atoms with E-state index < -0.39 is 0 Å². The van der Waals surface area contributed by atoms with Gasteiger partial charge in [0.25, 0.3) is 0 Å². The van der Waals surface area contributed by atoms with E-state index in [4.69, 9.17) is 9.72 Å². The highest BCUT2D eigenvalue weighted by Crippen LogP contribution is 2.22. The number of pyridine rings is 1. The van der Waals surface area contributed by atoms with Crippen molar-refractivity contribution in [3.05, 3.63) is 35.9 Å². The third-order valence-electron chi connectivity index (χ3n) is 5.04. The predicted molar refractivity (Wildman–Crippen MR) is 128 cm³/mol. The summed E-state index contributed by atoms with van der Waals surface area (Å²) in [4.78, 5) is 13.6. The molecule has 28 heavy (non-hydrogen) atoms. The Morgan fingerprint density at radius 3 is 2.86 bits per heavy atom. The van der Waals surface area contributed by atoms with Gasteiger partial charge in [0, 0.05) is 58.7 Å². The van der Waals surface area contributed by atoms with Crippen molar-refractivity contribution in [1.82, 2.24) is 15.2 Å². The number of nitrogens with zero attached hydrogens (tertiary/aromatic N) is 4. The molecule has 0 radical (unpaired) electrons. The molecule has 1 fully saturated rings. The van der Waals surface area contributed by atoms with Gasteiger partial charge in [-0.2, -0.15) is 0 Å². The lowest BCUT2D eigenvalue weighted by Crippen LogP contribution is -2.40. The molecule has 1 aromatic heterocycles. The molecule has 1 saturated heterocycles. The Balaban J connectivity index is 0.00000280. The van der Waals surface area contributed by atoms with Gasteiger partial charge in [-0.3, -0.25) is 4.99 Å². The first-order valence-electron chi connectivity index (χ1n) is 9.71. The van der Waals surface area contributed by atoms with Crippen molar-refractivity contribution in [1.29, 1.82) is 0 Å². The van der Waals surface area contributed by atoms with Gasteiger partial charge in [0.1, 0.15) is 5.82 Å². The summed E-state index contributed by atoms with van der Waals surface area (Å²) in [6, 6.07) is 10.5. The second kappa shape index (κ2) is 10.8. The van der Waals surface area contributed by atoms with E-state index in [2.05, 4.69) is 39.5 Å². The predicted octanol–water partition coefficient (Wildman–Crippen LogP) is 3.35. The van der Waals surface area contributed by atoms with Crippen LogP contribution in [0.1, 0.15) is 18.9 Å². The van der Waals surface area contributed by atoms with E-state index in [1.165, 1.54) is 10.9 Å². The number of likely N-dealkylation sites (tertiary alicyclic amines) is 1. The lowest BCUT2D eigenvalue weighted by Gasteiger charge is -2.22. The number of benzene rings is 1. The largest absolute Gasteiger partial charge is 0.381 e. The second-order valence-electron chi connectivity index (χ2n) is 7.21. The number of anilines is 1. The molecule has 1 N–H and O–H groups in total. The zero-order chi connectivity index (χ0) is 19.2. The fourth-order valence-corrected chi connectivity index (χ4v) is 3.56. The molecule has 0 aliphatic carbocycles. The Morgan fingerprint density at radius 1 is 1.36 bits per heavy atom. The molecule has 0 spiro atoms. The van der Waals surface area contributed by atoms with Gasteiger partial charge in [-0.05, 0) is 31.0 Å². The van der Waals surface area contributed by atoms with E-state index in [-0.39, 0.29) is 24.0 Å². The maximum absolute atomic E-state index is 5.59. The van der Waals surface area contributed by atoms with E-state index >= 15 is 0 Å². The number of aromatic nitrogens is 1. The molecule has 3 rings (SSSR count). The van der Waals surface area contributed by atoms with E-state index in [1.54, 1.807) is 0 Å². The standard InChI is InChI=1S/C21H31N5O.HI/c1-5-27-15-16-10-11-26(14-16)21(22-2)23-13-17-12-20(25(3)4)24-19-9-7-6-8-18(17)19;/h6-9,12,16H,5,10-11,13-15H2,1-4H3,(H,22,23);1H. The fourth-order valence-electron chi connectivity index (χ4n) is 3.56. The van der Waals surface area contributed by atoms with E-state index in [9.17, 15) is 0 Å². The molecule has 1 aliphatic rings. The van der Waals surface area contributed by atoms with Crippen LogP contribution in [0.4, 0.5) is 5.82 Å². The average Bonchev–Trinajstić information content (AvgIpc) is 3.15. The minimum Gasteiger partial charge on any atom is -0.381 e. The minimum absolute atomic E-state index is 0. The number of rotatable bonds is 6. The molecule has 1 aromatic carbocycles. The van der Waals surface area contributed by atoms with Crippen LogP contribution < -0.4 is 10.2 Å². The molecule has 1 atom stereocenters. The third-order valence-corrected chi connectivity index (χ3v) is 5.04. The highest BCUT2D eigenvalue weighted by atomic mass is 127. The number of nitrogens with one attached hydrogen (secondary N) is 1. The van der Waals surface area contributed by atoms with Crippen LogP contribution in [-0.4, -0.2) is 63.3 Å². The van der Waals surface area contributed by atoms with Gasteiger partial charge in [0.05, 0.1) is 12.1 Å². The normalized spacial score (nSPS) is 16.9. The maximum Gasteiger partial charge on any atom is 0.193 e. The SMILES string of the molecule is CCOCC1CCN(C(=NC)NCc2cc(N(C)C)nc3ccccc23)C1.I. The van der Waals surface area contributed by atoms with Crippen molar-refractivity contribution < 1.29 is 4.74 Å². The highest BCUT2D eigenvalue weighted by Gasteiger charge is 2.24. The number of aliphatic imine (C=N–C) groups is 1. The molecule has 2 aromatic rings. The Bertz CT molecular complexity index is 795. The quantitative estimate of drug-likeness (QED) is 0.377. The van der Waals surface area contributed by atoms with Crippen molar-refractivity contribution in [2.75, 3.05) is 52.3 Å². The van der Waals surface area contributed by atoms with Crippen LogP contribution in [-0.2, 0) is 11.3 Å². The van der Waals surface area contributed by atoms with Crippen LogP contribution in [0.15, 0.2) is 35.3 Å². The lowest BCUT2D eigenvalue weighted by atomic mass is 10.1. The topological polar surface area (TPSA) is 53.0 Å². The van der Waals surface area contributed by atoms with Gasteiger partial charge in [-0.25, -0.2) is 4.98 Å². The Hall–Kier alpha value is -1.61. The second-order valence-corrected chi connectivity index (χ2v) is 7.21. The van der Waals surface area contributed by atoms with Crippen LogP contribution in [0.5, 0.6) is 0 Å². The van der Waals surface area contributed by atoms with Crippen LogP contribution in [0.3, 0.4) is 0 Å². The minimum atomic E-state index is 0. The number of ether oxygens (including phenoxy) is 1. The van der Waals surface area contributed by atoms with Crippen molar-refractivity contribution >= 4 is 46.7 Å². The monoisotopic (exact) mass is 497 g/mol. The first-order chi connectivity index (χ1) is 13.1. The van der Waals surface area contributed by atoms with Gasteiger partial charge in [-0.15, -0.1) is 24.0 Å². The Kier molecular flexibility index (Phi) is 8.75. The molecular formula is C21H32IN5O. The summed E-state index contributed by atoms with van der Waals surface area (Å²) < 4.78 is 5.59. The molecule has 0 bridgehead atoms. The van der Waals surface area contributed by atoms with Crippen LogP contribution in [0.2, 0.25) is 0 Å². The number of para-hydroxylation sites is 1. The van der Waals surface area contributed by atoms with Crippen molar-refractivity contribution in [3.8, 4) is 0 Å². The molecule has 2 heterocycles. The van der Waals surface area contributed by atoms with E-state index in [0.717, 1.165) is 56.6 Å². The lowest BCUT2D eigenvalue weighted by molar-refractivity contribution is 0.114. The van der Waals surface area contributed by atoms with E-state index in [1.807, 2.05) is 39.0 Å². The van der Waals surface area contributed by atoms with Gasteiger partial charge >= 0.3 is 0 Å². The van der Waals surface area contributed by atoms with Crippen LogP contribution in [0, 0.1) is 5.92 Å². The van der Waals surface area contributed by atoms with Crippen LogP contribution in [0.25, 0.3) is 10.9 Å². The third kappa shape index (κ3) is 5.47. The number of hydrogen-bond donors (Lipinski definition) is 1. The summed E-state index contributed by atoms with van der Waals surface area (Å²) in [6.45, 7) is 6.42. The molecule has 154 valence electrons. The summed E-state index contributed by atoms with van der Waals surface area (Å²) in [5.41, 5.74) is 2.25. The summed E-state index contributed by atoms with van der Waals surface area (Å²) in [6.07, 6.45) is 1.16. The Morgan fingerprint density at radius 2 is 2.14 bits per heavy atom. The van der Waals surface area contributed by atoms with Gasteiger partial charge in [0.15, 0.2) is 5.96 Å². The number of hydrogen-bond acceptors (Lipinski definition) is 4. The zero-order valence-corrected chi connectivity index (χ0v) is 19.6. The van der Waals surface area contributed by atoms with Crippen molar-refractivity contribution in [3.63, 3.8) is 0 Å². The average molecular weight is 497 g/mol. The number of halogens is 1. The molecular weight excluding hydrogens is 465 g/mol. The van der Waals surface area contributed by atoms with Gasteiger partial charge < -0.3 is 19.9 Å². The van der Waals surface area contributed by atoms with Crippen LogP contribution >= 0.6 is 24.0 Å². The zero-order valence-electron chi connectivity index (χ0n) is 17.3. The van der Waals surface area contributed by atoms with Crippen molar-refractivity contribution in [2.45, 2.75) is 19.9 Å². The Labute approximate surface area is 185 Å². The molecule has 7 heteroatoms. The number of guanidine groups is 1. The van der Waals surface area contributed by atoms with Gasteiger partial charge in [0.2, 0.25) is 0 Å². The molecule has 6 nitrogen and oxygen atoms in total. The van der Waals surface area contributed by atoms with Gasteiger partial charge in [-0.1, -0.05) is 18.2 Å². The summed E-state index contributed by atoms with van der Waals surface area (Å²) in [7, 11) is 5.90. The fraction of sp³-hybridized carbons (Fsp3) is 0.524. The number of fused-ring (bicyclic) bond motifs is 1. The smallest absolute Gasteiger partial charge is 0.193 e. The molecule has 1 aliphatic heterocycles.